The molecule has 0 spiro atoms. The van der Waals surface area contributed by atoms with E-state index in [1.165, 1.54) is 0 Å². The van der Waals surface area contributed by atoms with Crippen molar-refractivity contribution in [3.05, 3.63) is 29.3 Å². The van der Waals surface area contributed by atoms with Crippen molar-refractivity contribution < 1.29 is 9.90 Å². The molecular formula is C13H20N2O2. The molecule has 94 valence electrons. The van der Waals surface area contributed by atoms with Gasteiger partial charge in [-0.2, -0.15) is 0 Å². The summed E-state index contributed by atoms with van der Waals surface area (Å²) >= 11 is 0. The van der Waals surface area contributed by atoms with Crippen LogP contribution in [0.15, 0.2) is 18.2 Å². The van der Waals surface area contributed by atoms with Crippen LogP contribution in [0.2, 0.25) is 0 Å². The normalized spacial score (nSPS) is 12.2. The monoisotopic (exact) mass is 236 g/mol. The standard InChI is InChI=1S/C13H20N2O2/c1-3-5-10(16)8-15-13(17)12-9(2)6-4-7-11(12)14/h4,6-7,10,16H,3,5,8,14H2,1-2H3,(H,15,17). The molecule has 1 atom stereocenters. The van der Waals surface area contributed by atoms with Gasteiger partial charge in [0.1, 0.15) is 0 Å². The molecule has 0 aliphatic heterocycles. The molecule has 0 aliphatic carbocycles. The van der Waals surface area contributed by atoms with Crippen molar-refractivity contribution in [1.82, 2.24) is 5.32 Å². The molecule has 0 radical (unpaired) electrons. The summed E-state index contributed by atoms with van der Waals surface area (Å²) in [5.74, 6) is -0.226. The van der Waals surface area contributed by atoms with Crippen LogP contribution >= 0.6 is 0 Å². The fourth-order valence-electron chi connectivity index (χ4n) is 1.73. The van der Waals surface area contributed by atoms with Gasteiger partial charge in [-0.05, 0) is 25.0 Å². The Labute approximate surface area is 102 Å². The lowest BCUT2D eigenvalue weighted by atomic mass is 10.1. The van der Waals surface area contributed by atoms with Gasteiger partial charge in [-0.15, -0.1) is 0 Å². The number of aliphatic hydroxyl groups excluding tert-OH is 1. The topological polar surface area (TPSA) is 75.3 Å². The van der Waals surface area contributed by atoms with Gasteiger partial charge in [0.15, 0.2) is 0 Å². The van der Waals surface area contributed by atoms with Crippen LogP contribution in [0.5, 0.6) is 0 Å². The molecule has 1 aromatic rings. The van der Waals surface area contributed by atoms with E-state index >= 15 is 0 Å². The van der Waals surface area contributed by atoms with E-state index in [0.29, 0.717) is 17.7 Å². The van der Waals surface area contributed by atoms with Gasteiger partial charge >= 0.3 is 0 Å². The Morgan fingerprint density at radius 3 is 2.82 bits per heavy atom. The highest BCUT2D eigenvalue weighted by atomic mass is 16.3. The lowest BCUT2D eigenvalue weighted by Gasteiger charge is -2.13. The molecule has 1 aromatic carbocycles. The third-order valence-corrected chi connectivity index (χ3v) is 2.65. The molecule has 0 aliphatic rings. The number of carbonyl (C=O) groups is 1. The molecule has 1 rings (SSSR count). The Morgan fingerprint density at radius 2 is 2.24 bits per heavy atom. The quantitative estimate of drug-likeness (QED) is 0.678. The molecule has 1 unspecified atom stereocenters. The third-order valence-electron chi connectivity index (χ3n) is 2.65. The second-order valence-corrected chi connectivity index (χ2v) is 4.19. The predicted octanol–water partition coefficient (Wildman–Crippen LogP) is 1.47. The van der Waals surface area contributed by atoms with E-state index in [9.17, 15) is 9.90 Å². The van der Waals surface area contributed by atoms with Crippen molar-refractivity contribution >= 4 is 11.6 Å². The molecule has 0 aromatic heterocycles. The Bertz CT molecular complexity index is 371. The molecule has 0 heterocycles. The van der Waals surface area contributed by atoms with Crippen LogP contribution in [0.1, 0.15) is 35.7 Å². The van der Waals surface area contributed by atoms with Gasteiger partial charge in [-0.25, -0.2) is 0 Å². The highest BCUT2D eigenvalue weighted by molar-refractivity contribution is 6.00. The molecule has 0 fully saturated rings. The molecule has 0 bridgehead atoms. The average Bonchev–Trinajstić information content (AvgIpc) is 2.26. The molecule has 0 saturated heterocycles. The van der Waals surface area contributed by atoms with Gasteiger partial charge in [-0.3, -0.25) is 4.79 Å². The second-order valence-electron chi connectivity index (χ2n) is 4.19. The number of rotatable bonds is 5. The third kappa shape index (κ3) is 3.75. The smallest absolute Gasteiger partial charge is 0.253 e. The first-order valence-corrected chi connectivity index (χ1v) is 5.87. The Hall–Kier alpha value is -1.55. The van der Waals surface area contributed by atoms with E-state index < -0.39 is 6.10 Å². The first kappa shape index (κ1) is 13.5. The highest BCUT2D eigenvalue weighted by Crippen LogP contribution is 2.15. The minimum atomic E-state index is -0.491. The van der Waals surface area contributed by atoms with Crippen molar-refractivity contribution in [2.75, 3.05) is 12.3 Å². The Balaban J connectivity index is 2.64. The minimum absolute atomic E-state index is 0.226. The van der Waals surface area contributed by atoms with Gasteiger partial charge in [0, 0.05) is 12.2 Å². The molecule has 17 heavy (non-hydrogen) atoms. The Kier molecular flexibility index (Phi) is 4.97. The van der Waals surface area contributed by atoms with Crippen molar-refractivity contribution in [2.45, 2.75) is 32.8 Å². The van der Waals surface area contributed by atoms with E-state index in [1.807, 2.05) is 26.0 Å². The first-order chi connectivity index (χ1) is 8.06. The minimum Gasteiger partial charge on any atom is -0.398 e. The van der Waals surface area contributed by atoms with Crippen molar-refractivity contribution in [3.63, 3.8) is 0 Å². The van der Waals surface area contributed by atoms with Gasteiger partial charge in [0.25, 0.3) is 5.91 Å². The summed E-state index contributed by atoms with van der Waals surface area (Å²) in [6, 6.07) is 5.35. The van der Waals surface area contributed by atoms with Crippen LogP contribution in [0.25, 0.3) is 0 Å². The van der Waals surface area contributed by atoms with E-state index in [1.54, 1.807) is 6.07 Å². The van der Waals surface area contributed by atoms with Crippen LogP contribution < -0.4 is 11.1 Å². The molecule has 4 nitrogen and oxygen atoms in total. The maximum Gasteiger partial charge on any atom is 0.253 e. The first-order valence-electron chi connectivity index (χ1n) is 5.87. The molecule has 4 heteroatoms. The lowest BCUT2D eigenvalue weighted by molar-refractivity contribution is 0.0910. The summed E-state index contributed by atoms with van der Waals surface area (Å²) in [5.41, 5.74) is 7.57. The van der Waals surface area contributed by atoms with E-state index in [4.69, 9.17) is 5.73 Å². The zero-order chi connectivity index (χ0) is 12.8. The van der Waals surface area contributed by atoms with Crippen LogP contribution in [0, 0.1) is 6.92 Å². The van der Waals surface area contributed by atoms with E-state index in [2.05, 4.69) is 5.32 Å². The van der Waals surface area contributed by atoms with Gasteiger partial charge < -0.3 is 16.2 Å². The average molecular weight is 236 g/mol. The molecule has 1 amide bonds. The number of nitrogens with two attached hydrogens (primary N) is 1. The zero-order valence-corrected chi connectivity index (χ0v) is 10.4. The zero-order valence-electron chi connectivity index (χ0n) is 10.4. The number of anilines is 1. The summed E-state index contributed by atoms with van der Waals surface area (Å²) in [4.78, 5) is 11.9. The number of aryl methyl sites for hydroxylation is 1. The second kappa shape index (κ2) is 6.25. The highest BCUT2D eigenvalue weighted by Gasteiger charge is 2.13. The maximum absolute atomic E-state index is 11.9. The van der Waals surface area contributed by atoms with E-state index in [-0.39, 0.29) is 12.5 Å². The van der Waals surface area contributed by atoms with Gasteiger partial charge in [0.2, 0.25) is 0 Å². The number of nitrogens with one attached hydrogen (secondary N) is 1. The summed E-state index contributed by atoms with van der Waals surface area (Å²) in [7, 11) is 0. The maximum atomic E-state index is 11.9. The van der Waals surface area contributed by atoms with Gasteiger partial charge in [0.05, 0.1) is 11.7 Å². The number of amides is 1. The largest absolute Gasteiger partial charge is 0.398 e. The fourth-order valence-corrected chi connectivity index (χ4v) is 1.73. The fraction of sp³-hybridized carbons (Fsp3) is 0.462. The van der Waals surface area contributed by atoms with Crippen molar-refractivity contribution in [1.29, 1.82) is 0 Å². The molecular weight excluding hydrogens is 216 g/mol. The van der Waals surface area contributed by atoms with Crippen molar-refractivity contribution in [2.24, 2.45) is 0 Å². The van der Waals surface area contributed by atoms with Crippen LogP contribution in [-0.2, 0) is 0 Å². The molecule has 4 N–H and O–H groups in total. The summed E-state index contributed by atoms with van der Waals surface area (Å²) in [5, 5.41) is 12.2. The number of hydrogen-bond acceptors (Lipinski definition) is 3. The molecule has 0 saturated carbocycles. The number of aliphatic hydroxyl groups is 1. The summed E-state index contributed by atoms with van der Waals surface area (Å²) in [6.07, 6.45) is 1.08. The Morgan fingerprint density at radius 1 is 1.53 bits per heavy atom. The predicted molar refractivity (Wildman–Crippen MR) is 68.8 cm³/mol. The number of nitrogen functional groups attached to an aromatic ring is 1. The van der Waals surface area contributed by atoms with Gasteiger partial charge in [-0.1, -0.05) is 25.5 Å². The number of hydrogen-bond donors (Lipinski definition) is 3. The SMILES string of the molecule is CCCC(O)CNC(=O)c1c(C)cccc1N. The number of benzene rings is 1. The lowest BCUT2D eigenvalue weighted by Crippen LogP contribution is -2.32. The van der Waals surface area contributed by atoms with E-state index in [0.717, 1.165) is 12.0 Å². The van der Waals surface area contributed by atoms with Crippen molar-refractivity contribution in [3.8, 4) is 0 Å². The summed E-state index contributed by atoms with van der Waals surface area (Å²) in [6.45, 7) is 4.10. The van der Waals surface area contributed by atoms with Crippen LogP contribution in [0.3, 0.4) is 0 Å². The summed E-state index contributed by atoms with van der Waals surface area (Å²) < 4.78 is 0. The number of carbonyl (C=O) groups excluding carboxylic acids is 1. The van der Waals surface area contributed by atoms with Crippen LogP contribution in [-0.4, -0.2) is 23.7 Å². The van der Waals surface area contributed by atoms with Crippen LogP contribution in [0.4, 0.5) is 5.69 Å².